The number of hydrogen-bond acceptors (Lipinski definition) is 9. The molecule has 1 aromatic rings. The predicted octanol–water partition coefficient (Wildman–Crippen LogP) is 2.79. The molecule has 0 radical (unpaired) electrons. The molecule has 1 atom stereocenters. The van der Waals surface area contributed by atoms with Gasteiger partial charge >= 0.3 is 12.1 Å². The second-order valence-corrected chi connectivity index (χ2v) is 6.76. The van der Waals surface area contributed by atoms with Crippen LogP contribution in [0.2, 0.25) is 0 Å². The van der Waals surface area contributed by atoms with Crippen LogP contribution in [0.1, 0.15) is 11.1 Å². The molecule has 1 heterocycles. The van der Waals surface area contributed by atoms with Crippen LogP contribution in [0, 0.1) is 27.2 Å². The molecular formula is C15H12BrF3N2O9. The number of ether oxygens (including phenoxy) is 2. The summed E-state index contributed by atoms with van der Waals surface area (Å²) >= 11 is 3.18. The predicted molar refractivity (Wildman–Crippen MR) is 93.1 cm³/mol. The molecule has 11 nitrogen and oxygen atoms in total. The molecule has 0 spiro atoms. The van der Waals surface area contributed by atoms with Crippen molar-refractivity contribution in [1.82, 2.24) is 0 Å². The van der Waals surface area contributed by atoms with E-state index in [0.29, 0.717) is 10.0 Å². The van der Waals surface area contributed by atoms with E-state index in [4.69, 9.17) is 9.47 Å². The van der Waals surface area contributed by atoms with Crippen LogP contribution in [-0.4, -0.2) is 47.7 Å². The van der Waals surface area contributed by atoms with Crippen molar-refractivity contribution in [3.63, 3.8) is 0 Å². The van der Waals surface area contributed by atoms with Crippen molar-refractivity contribution in [3.05, 3.63) is 53.5 Å². The third-order valence-electron chi connectivity index (χ3n) is 3.64. The monoisotopic (exact) mass is 500 g/mol. The molecule has 15 heteroatoms. The zero-order valence-electron chi connectivity index (χ0n) is 14.9. The molecule has 2 rings (SSSR count). The lowest BCUT2D eigenvalue weighted by Crippen LogP contribution is -2.42. The molecule has 0 unspecified atom stereocenters. The Morgan fingerprint density at radius 3 is 2.30 bits per heavy atom. The van der Waals surface area contributed by atoms with Crippen LogP contribution >= 0.6 is 15.9 Å². The molecule has 0 aromatic heterocycles. The van der Waals surface area contributed by atoms with Crippen molar-refractivity contribution in [2.75, 3.05) is 13.2 Å². The molecule has 0 fully saturated rings. The van der Waals surface area contributed by atoms with Gasteiger partial charge in [-0.15, -0.1) is 20.2 Å². The molecule has 0 N–H and O–H groups in total. The third-order valence-corrected chi connectivity index (χ3v) is 4.09. The summed E-state index contributed by atoms with van der Waals surface area (Å²) in [5, 5.41) is 18.0. The molecule has 0 saturated carbocycles. The van der Waals surface area contributed by atoms with Gasteiger partial charge in [-0.05, 0) is 30.7 Å². The molecule has 1 aromatic carbocycles. The Kier molecular flexibility index (Phi) is 7.07. The minimum absolute atomic E-state index is 0.0954. The molecule has 0 bridgehead atoms. The minimum Gasteiger partial charge on any atom is -0.475 e. The summed E-state index contributed by atoms with van der Waals surface area (Å²) in [7, 11) is 0. The number of nitrogens with zero attached hydrogens (tertiary/aromatic N) is 2. The number of benzene rings is 1. The standard InChI is InChI=1S/C15H12BrF3N2O9/c1-7-2-9(16)3-8-4-11(13(15(17,18)19)30-12(7)8)14(22)29-10(5-27-20(23)24)6-28-21(25)26/h2-4,10,13H,5-6H2,1H3/t13-/m0/s1. The maximum atomic E-state index is 13.5. The number of hydrogen-bond donors (Lipinski definition) is 0. The van der Waals surface area contributed by atoms with Crippen LogP contribution in [0.4, 0.5) is 13.2 Å². The van der Waals surface area contributed by atoms with E-state index in [0.717, 1.165) is 6.08 Å². The first-order valence-corrected chi connectivity index (χ1v) is 8.68. The first-order chi connectivity index (χ1) is 13.9. The van der Waals surface area contributed by atoms with E-state index in [9.17, 15) is 38.2 Å². The van der Waals surface area contributed by atoms with E-state index in [-0.39, 0.29) is 11.3 Å². The van der Waals surface area contributed by atoms with Gasteiger partial charge in [0.1, 0.15) is 25.1 Å². The summed E-state index contributed by atoms with van der Waals surface area (Å²) in [6.45, 7) is -0.495. The highest BCUT2D eigenvalue weighted by Crippen LogP contribution is 2.40. The van der Waals surface area contributed by atoms with Gasteiger partial charge in [0, 0.05) is 10.0 Å². The Morgan fingerprint density at radius 2 is 1.80 bits per heavy atom. The topological polar surface area (TPSA) is 140 Å². The second kappa shape index (κ2) is 9.15. The Morgan fingerprint density at radius 1 is 1.23 bits per heavy atom. The lowest BCUT2D eigenvalue weighted by molar-refractivity contribution is -0.768. The van der Waals surface area contributed by atoms with Gasteiger partial charge in [-0.2, -0.15) is 13.2 Å². The van der Waals surface area contributed by atoms with Gasteiger partial charge in [0.25, 0.3) is 10.2 Å². The van der Waals surface area contributed by atoms with Gasteiger partial charge in [0.15, 0.2) is 0 Å². The third kappa shape index (κ3) is 5.95. The van der Waals surface area contributed by atoms with Crippen molar-refractivity contribution in [2.24, 2.45) is 0 Å². The normalized spacial score (nSPS) is 15.5. The summed E-state index contributed by atoms with van der Waals surface area (Å²) in [5.74, 6) is -1.66. The highest BCUT2D eigenvalue weighted by atomic mass is 79.9. The quantitative estimate of drug-likeness (QED) is 0.299. The van der Waals surface area contributed by atoms with Gasteiger partial charge in [0.2, 0.25) is 6.10 Å². The zero-order chi connectivity index (χ0) is 22.6. The summed E-state index contributed by atoms with van der Waals surface area (Å²) in [4.78, 5) is 40.9. The van der Waals surface area contributed by atoms with E-state index < -0.39 is 53.3 Å². The van der Waals surface area contributed by atoms with E-state index in [1.165, 1.54) is 19.1 Å². The Balaban J connectivity index is 2.34. The van der Waals surface area contributed by atoms with Gasteiger partial charge in [0.05, 0.1) is 5.57 Å². The van der Waals surface area contributed by atoms with Crippen molar-refractivity contribution in [1.29, 1.82) is 0 Å². The summed E-state index contributed by atoms with van der Waals surface area (Å²) in [6, 6.07) is 2.93. The summed E-state index contributed by atoms with van der Waals surface area (Å²) < 4.78 is 50.7. The molecule has 1 aliphatic rings. The van der Waals surface area contributed by atoms with Gasteiger partial charge < -0.3 is 19.1 Å². The number of rotatable bonds is 8. The SMILES string of the molecule is Cc1cc(Br)cc2c1O[C@H](C(F)(F)F)C(C(=O)OC(CO[N+](=O)[O-])CO[N+](=O)[O-])=C2. The first-order valence-electron chi connectivity index (χ1n) is 7.89. The van der Waals surface area contributed by atoms with Crippen LogP contribution in [0.3, 0.4) is 0 Å². The number of carbonyl (C=O) groups is 1. The maximum Gasteiger partial charge on any atom is 0.430 e. The van der Waals surface area contributed by atoms with E-state index in [2.05, 4.69) is 25.6 Å². The molecule has 30 heavy (non-hydrogen) atoms. The van der Waals surface area contributed by atoms with E-state index in [1.807, 2.05) is 0 Å². The van der Waals surface area contributed by atoms with Crippen LogP contribution in [0.15, 0.2) is 22.2 Å². The van der Waals surface area contributed by atoms with E-state index in [1.54, 1.807) is 0 Å². The number of esters is 1. The fourth-order valence-electron chi connectivity index (χ4n) is 2.48. The molecule has 164 valence electrons. The maximum absolute atomic E-state index is 13.5. The minimum atomic E-state index is -5.01. The van der Waals surface area contributed by atoms with Crippen molar-refractivity contribution >= 4 is 28.0 Å². The summed E-state index contributed by atoms with van der Waals surface area (Å²) in [6.07, 6.45) is -8.54. The zero-order valence-corrected chi connectivity index (χ0v) is 16.5. The van der Waals surface area contributed by atoms with E-state index >= 15 is 0 Å². The second-order valence-electron chi connectivity index (χ2n) is 5.85. The fraction of sp³-hybridized carbons (Fsp3) is 0.400. The Hall–Kier alpha value is -3.10. The molecular weight excluding hydrogens is 489 g/mol. The first kappa shape index (κ1) is 23.2. The lowest BCUT2D eigenvalue weighted by Gasteiger charge is -2.29. The highest BCUT2D eigenvalue weighted by Gasteiger charge is 2.49. The molecule has 0 amide bonds. The molecule has 0 aliphatic carbocycles. The van der Waals surface area contributed by atoms with Crippen LogP contribution in [-0.2, 0) is 19.2 Å². The number of halogens is 4. The smallest absolute Gasteiger partial charge is 0.430 e. The Labute approximate surface area is 173 Å². The molecule has 1 aliphatic heterocycles. The number of alkyl halides is 3. The average Bonchev–Trinajstić information content (AvgIpc) is 2.61. The van der Waals surface area contributed by atoms with Crippen LogP contribution < -0.4 is 4.74 Å². The van der Waals surface area contributed by atoms with Gasteiger partial charge in [-0.25, -0.2) is 4.79 Å². The highest BCUT2D eigenvalue weighted by molar-refractivity contribution is 9.10. The van der Waals surface area contributed by atoms with Crippen molar-refractivity contribution < 1.29 is 47.3 Å². The largest absolute Gasteiger partial charge is 0.475 e. The number of fused-ring (bicyclic) bond motifs is 1. The fourth-order valence-corrected chi connectivity index (χ4v) is 3.07. The summed E-state index contributed by atoms with van der Waals surface area (Å²) in [5.41, 5.74) is -0.442. The van der Waals surface area contributed by atoms with Crippen molar-refractivity contribution in [3.8, 4) is 5.75 Å². The van der Waals surface area contributed by atoms with Crippen LogP contribution in [0.5, 0.6) is 5.75 Å². The average molecular weight is 501 g/mol. The van der Waals surface area contributed by atoms with Gasteiger partial charge in [-0.3, -0.25) is 0 Å². The number of aryl methyl sites for hydroxylation is 1. The Bertz CT molecular complexity index is 873. The number of carbonyl (C=O) groups excluding carboxylic acids is 1. The van der Waals surface area contributed by atoms with Gasteiger partial charge in [-0.1, -0.05) is 15.9 Å². The van der Waals surface area contributed by atoms with Crippen molar-refractivity contribution in [2.45, 2.75) is 25.3 Å². The van der Waals surface area contributed by atoms with Crippen LogP contribution in [0.25, 0.3) is 6.08 Å². The lowest BCUT2D eigenvalue weighted by atomic mass is 9.99. The molecule has 0 saturated heterocycles.